The number of nitrogens with one attached hydrogen (secondary N) is 1. The average Bonchev–Trinajstić information content (AvgIpc) is 3.33. The number of rotatable bonds is 5. The number of nitrogens with zero attached hydrogens (tertiary/aromatic N) is 2. The van der Waals surface area contributed by atoms with Crippen molar-refractivity contribution in [2.45, 2.75) is 32.4 Å². The Morgan fingerprint density at radius 2 is 1.93 bits per heavy atom. The van der Waals surface area contributed by atoms with Gasteiger partial charge in [0.1, 0.15) is 0 Å². The molecule has 0 aliphatic carbocycles. The molecule has 0 spiro atoms. The van der Waals surface area contributed by atoms with Crippen molar-refractivity contribution in [2.75, 3.05) is 11.9 Å². The van der Waals surface area contributed by atoms with Crippen LogP contribution in [0.3, 0.4) is 0 Å². The zero-order chi connectivity index (χ0) is 18.6. The smallest absolute Gasteiger partial charge is 0.221 e. The van der Waals surface area contributed by atoms with E-state index in [-0.39, 0.29) is 12.0 Å². The van der Waals surface area contributed by atoms with Gasteiger partial charge in [0, 0.05) is 30.3 Å². The molecular formula is C22H23N3O2. The van der Waals surface area contributed by atoms with E-state index in [4.69, 9.17) is 9.72 Å². The Morgan fingerprint density at radius 3 is 2.59 bits per heavy atom. The zero-order valence-corrected chi connectivity index (χ0v) is 15.4. The first kappa shape index (κ1) is 17.5. The summed E-state index contributed by atoms with van der Waals surface area (Å²) in [4.78, 5) is 16.0. The van der Waals surface area contributed by atoms with Crippen LogP contribution >= 0.6 is 0 Å². The van der Waals surface area contributed by atoms with Gasteiger partial charge in [0.2, 0.25) is 5.91 Å². The zero-order valence-electron chi connectivity index (χ0n) is 15.4. The Balaban J connectivity index is 1.73. The van der Waals surface area contributed by atoms with Crippen molar-refractivity contribution < 1.29 is 9.53 Å². The summed E-state index contributed by atoms with van der Waals surface area (Å²) >= 11 is 0. The maximum atomic E-state index is 11.3. The lowest BCUT2D eigenvalue weighted by molar-refractivity contribution is -0.114. The van der Waals surface area contributed by atoms with Crippen LogP contribution in [-0.2, 0) is 16.1 Å². The van der Waals surface area contributed by atoms with E-state index in [1.807, 2.05) is 48.8 Å². The largest absolute Gasteiger partial charge is 0.376 e. The molecule has 2 aromatic carbocycles. The molecule has 2 heterocycles. The number of hydrogen-bond acceptors (Lipinski definition) is 3. The Bertz CT molecular complexity index is 910. The van der Waals surface area contributed by atoms with Gasteiger partial charge in [-0.25, -0.2) is 4.98 Å². The highest BCUT2D eigenvalue weighted by Crippen LogP contribution is 2.32. The van der Waals surface area contributed by atoms with E-state index in [1.54, 1.807) is 0 Å². The number of hydrogen-bond donors (Lipinski definition) is 1. The van der Waals surface area contributed by atoms with Crippen molar-refractivity contribution in [3.63, 3.8) is 0 Å². The third-order valence-electron chi connectivity index (χ3n) is 4.79. The van der Waals surface area contributed by atoms with Crippen molar-refractivity contribution in [3.8, 4) is 22.5 Å². The van der Waals surface area contributed by atoms with Gasteiger partial charge in [-0.3, -0.25) is 4.79 Å². The molecule has 1 unspecified atom stereocenters. The van der Waals surface area contributed by atoms with Gasteiger partial charge in [-0.1, -0.05) is 42.5 Å². The van der Waals surface area contributed by atoms with Crippen molar-refractivity contribution in [2.24, 2.45) is 0 Å². The van der Waals surface area contributed by atoms with E-state index in [9.17, 15) is 4.79 Å². The van der Waals surface area contributed by atoms with Gasteiger partial charge in [-0.2, -0.15) is 0 Å². The van der Waals surface area contributed by atoms with Gasteiger partial charge in [0.25, 0.3) is 0 Å². The molecule has 1 atom stereocenters. The Hall–Kier alpha value is -2.92. The molecule has 1 amide bonds. The second-order valence-electron chi connectivity index (χ2n) is 6.85. The highest BCUT2D eigenvalue weighted by Gasteiger charge is 2.20. The number of imidazole rings is 1. The maximum absolute atomic E-state index is 11.3. The van der Waals surface area contributed by atoms with E-state index >= 15 is 0 Å². The molecule has 1 saturated heterocycles. The minimum absolute atomic E-state index is 0.0730. The van der Waals surface area contributed by atoms with Crippen molar-refractivity contribution >= 4 is 11.6 Å². The third-order valence-corrected chi connectivity index (χ3v) is 4.79. The fourth-order valence-corrected chi connectivity index (χ4v) is 3.55. The number of carbonyl (C=O) groups is 1. The molecule has 0 radical (unpaired) electrons. The predicted octanol–water partition coefficient (Wildman–Crippen LogP) is 4.35. The van der Waals surface area contributed by atoms with E-state index in [1.165, 1.54) is 6.92 Å². The number of carbonyl (C=O) groups excluding carboxylic acids is 1. The summed E-state index contributed by atoms with van der Waals surface area (Å²) in [6.07, 6.45) is 4.34. The molecule has 5 heteroatoms. The molecule has 27 heavy (non-hydrogen) atoms. The fraction of sp³-hybridized carbons (Fsp3) is 0.273. The number of ether oxygens (including phenoxy) is 1. The summed E-state index contributed by atoms with van der Waals surface area (Å²) < 4.78 is 8.02. The van der Waals surface area contributed by atoms with Gasteiger partial charge in [-0.15, -0.1) is 0 Å². The molecule has 138 valence electrons. The highest BCUT2D eigenvalue weighted by atomic mass is 16.5. The van der Waals surface area contributed by atoms with Crippen LogP contribution in [0, 0.1) is 0 Å². The minimum atomic E-state index is -0.0730. The Kier molecular flexibility index (Phi) is 5.03. The SMILES string of the molecule is CC(=O)Nc1ccc(-c2c(-c3ccccc3)ncn2CC2CCCO2)cc1. The summed E-state index contributed by atoms with van der Waals surface area (Å²) in [6, 6.07) is 18.1. The van der Waals surface area contributed by atoms with Crippen LogP contribution in [0.2, 0.25) is 0 Å². The first-order valence-electron chi connectivity index (χ1n) is 9.31. The number of anilines is 1. The number of benzene rings is 2. The maximum Gasteiger partial charge on any atom is 0.221 e. The predicted molar refractivity (Wildman–Crippen MR) is 106 cm³/mol. The van der Waals surface area contributed by atoms with E-state index < -0.39 is 0 Å². The van der Waals surface area contributed by atoms with E-state index in [0.29, 0.717) is 0 Å². The van der Waals surface area contributed by atoms with Gasteiger partial charge in [0.15, 0.2) is 0 Å². The minimum Gasteiger partial charge on any atom is -0.376 e. The quantitative estimate of drug-likeness (QED) is 0.735. The standard InChI is InChI=1S/C22H23N3O2/c1-16(26)24-19-11-9-18(10-12-19)22-21(17-6-3-2-4-7-17)23-15-25(22)14-20-8-5-13-27-20/h2-4,6-7,9-12,15,20H,5,8,13-14H2,1H3,(H,24,26). The summed E-state index contributed by atoms with van der Waals surface area (Å²) in [6.45, 7) is 3.15. The van der Waals surface area contributed by atoms with Gasteiger partial charge < -0.3 is 14.6 Å². The molecule has 1 aliphatic rings. The van der Waals surface area contributed by atoms with Crippen LogP contribution < -0.4 is 5.32 Å². The topological polar surface area (TPSA) is 56.2 Å². The van der Waals surface area contributed by atoms with Crippen LogP contribution in [0.5, 0.6) is 0 Å². The first-order valence-corrected chi connectivity index (χ1v) is 9.31. The third kappa shape index (κ3) is 3.93. The van der Waals surface area contributed by atoms with Crippen LogP contribution in [0.4, 0.5) is 5.69 Å². The van der Waals surface area contributed by atoms with E-state index in [0.717, 1.165) is 54.2 Å². The average molecular weight is 361 g/mol. The summed E-state index contributed by atoms with van der Waals surface area (Å²) in [5.74, 6) is -0.0730. The van der Waals surface area contributed by atoms with Crippen molar-refractivity contribution in [3.05, 3.63) is 60.9 Å². The summed E-state index contributed by atoms with van der Waals surface area (Å²) in [7, 11) is 0. The molecule has 1 aliphatic heterocycles. The van der Waals surface area contributed by atoms with Gasteiger partial charge in [-0.05, 0) is 25.0 Å². The second kappa shape index (κ2) is 7.76. The molecule has 0 bridgehead atoms. The lowest BCUT2D eigenvalue weighted by atomic mass is 10.0. The molecule has 3 aromatic rings. The van der Waals surface area contributed by atoms with E-state index in [2.05, 4.69) is 22.0 Å². The van der Waals surface area contributed by atoms with Crippen molar-refractivity contribution in [1.82, 2.24) is 9.55 Å². The molecular weight excluding hydrogens is 338 g/mol. The lowest BCUT2D eigenvalue weighted by Crippen LogP contribution is -2.15. The molecule has 0 saturated carbocycles. The molecule has 1 aromatic heterocycles. The monoisotopic (exact) mass is 361 g/mol. The van der Waals surface area contributed by atoms with Crippen LogP contribution in [0.1, 0.15) is 19.8 Å². The van der Waals surface area contributed by atoms with Gasteiger partial charge in [0.05, 0.1) is 30.4 Å². The number of amides is 1. The molecule has 1 N–H and O–H groups in total. The molecule has 1 fully saturated rings. The van der Waals surface area contributed by atoms with Gasteiger partial charge >= 0.3 is 0 Å². The highest BCUT2D eigenvalue weighted by molar-refractivity contribution is 5.89. The molecule has 4 rings (SSSR count). The summed E-state index contributed by atoms with van der Waals surface area (Å²) in [5.41, 5.74) is 4.98. The normalized spacial score (nSPS) is 16.4. The molecule has 5 nitrogen and oxygen atoms in total. The lowest BCUT2D eigenvalue weighted by Gasteiger charge is -2.15. The van der Waals surface area contributed by atoms with Crippen molar-refractivity contribution in [1.29, 1.82) is 0 Å². The van der Waals surface area contributed by atoms with Crippen LogP contribution in [0.15, 0.2) is 60.9 Å². The second-order valence-corrected chi connectivity index (χ2v) is 6.85. The number of aromatic nitrogens is 2. The van der Waals surface area contributed by atoms with Crippen LogP contribution in [-0.4, -0.2) is 28.2 Å². The Labute approximate surface area is 159 Å². The first-order chi connectivity index (χ1) is 13.2. The fourth-order valence-electron chi connectivity index (χ4n) is 3.55. The Morgan fingerprint density at radius 1 is 1.15 bits per heavy atom. The van der Waals surface area contributed by atoms with Crippen LogP contribution in [0.25, 0.3) is 22.5 Å². The summed E-state index contributed by atoms with van der Waals surface area (Å²) in [5, 5.41) is 2.82.